The third-order valence-electron chi connectivity index (χ3n) is 2.16. The highest BCUT2D eigenvalue weighted by Crippen LogP contribution is 2.08. The van der Waals surface area contributed by atoms with Gasteiger partial charge in [0, 0.05) is 24.4 Å². The summed E-state index contributed by atoms with van der Waals surface area (Å²) in [6.07, 6.45) is 1.81. The predicted octanol–water partition coefficient (Wildman–Crippen LogP) is 1.32. The van der Waals surface area contributed by atoms with E-state index in [1.54, 1.807) is 11.3 Å². The van der Waals surface area contributed by atoms with Crippen LogP contribution in [0.2, 0.25) is 0 Å². The Balaban J connectivity index is 2.06. The Labute approximate surface area is 105 Å². The van der Waals surface area contributed by atoms with Gasteiger partial charge < -0.3 is 10.6 Å². The summed E-state index contributed by atoms with van der Waals surface area (Å²) in [5, 5.41) is 7.47. The molecule has 0 radical (unpaired) electrons. The van der Waals surface area contributed by atoms with Crippen LogP contribution in [0.1, 0.15) is 24.6 Å². The summed E-state index contributed by atoms with van der Waals surface area (Å²) < 4.78 is 0. The van der Waals surface area contributed by atoms with E-state index in [-0.39, 0.29) is 11.8 Å². The van der Waals surface area contributed by atoms with Crippen LogP contribution in [-0.4, -0.2) is 24.9 Å². The molecule has 4 nitrogen and oxygen atoms in total. The molecule has 1 heterocycles. The number of rotatable bonds is 7. The van der Waals surface area contributed by atoms with E-state index in [4.69, 9.17) is 0 Å². The van der Waals surface area contributed by atoms with Gasteiger partial charge in [-0.1, -0.05) is 13.0 Å². The van der Waals surface area contributed by atoms with Crippen molar-refractivity contribution in [3.05, 3.63) is 22.4 Å². The second-order valence-corrected chi connectivity index (χ2v) is 4.74. The van der Waals surface area contributed by atoms with Crippen molar-refractivity contribution in [2.45, 2.75) is 26.2 Å². The van der Waals surface area contributed by atoms with Crippen molar-refractivity contribution in [2.24, 2.45) is 0 Å². The normalized spacial score (nSPS) is 9.94. The first kappa shape index (κ1) is 13.7. The molecule has 2 amide bonds. The summed E-state index contributed by atoms with van der Waals surface area (Å²) in [5.41, 5.74) is 0. The van der Waals surface area contributed by atoms with Gasteiger partial charge in [-0.2, -0.15) is 0 Å². The van der Waals surface area contributed by atoms with Gasteiger partial charge in [-0.05, 0) is 17.9 Å². The van der Waals surface area contributed by atoms with Gasteiger partial charge in [-0.3, -0.25) is 9.59 Å². The van der Waals surface area contributed by atoms with E-state index < -0.39 is 0 Å². The molecule has 0 spiro atoms. The fraction of sp³-hybridized carbons (Fsp3) is 0.500. The van der Waals surface area contributed by atoms with Crippen LogP contribution in [0, 0.1) is 0 Å². The third kappa shape index (κ3) is 6.06. The monoisotopic (exact) mass is 254 g/mol. The van der Waals surface area contributed by atoms with Crippen molar-refractivity contribution in [3.63, 3.8) is 0 Å². The van der Waals surface area contributed by atoms with E-state index in [2.05, 4.69) is 10.6 Å². The molecule has 0 aliphatic carbocycles. The molecule has 5 heteroatoms. The van der Waals surface area contributed by atoms with Crippen molar-refractivity contribution in [1.82, 2.24) is 10.6 Å². The second kappa shape index (κ2) is 7.84. The zero-order chi connectivity index (χ0) is 12.5. The predicted molar refractivity (Wildman–Crippen MR) is 69.0 cm³/mol. The minimum absolute atomic E-state index is 0.00260. The van der Waals surface area contributed by atoms with Crippen LogP contribution in [0.4, 0.5) is 0 Å². The maximum Gasteiger partial charge on any atom is 0.225 e. The summed E-state index contributed by atoms with van der Waals surface area (Å²) in [5.74, 6) is 0.0391. The first-order valence-corrected chi connectivity index (χ1v) is 6.66. The van der Waals surface area contributed by atoms with Crippen molar-refractivity contribution in [1.29, 1.82) is 0 Å². The highest BCUT2D eigenvalue weighted by Gasteiger charge is 2.03. The molecule has 2 N–H and O–H groups in total. The van der Waals surface area contributed by atoms with Crippen LogP contribution < -0.4 is 10.6 Å². The molecule has 0 fully saturated rings. The lowest BCUT2D eigenvalue weighted by atomic mass is 10.3. The van der Waals surface area contributed by atoms with Crippen LogP contribution in [0.5, 0.6) is 0 Å². The van der Waals surface area contributed by atoms with Gasteiger partial charge in [0.05, 0.1) is 6.42 Å². The summed E-state index contributed by atoms with van der Waals surface area (Å²) in [4.78, 5) is 23.6. The highest BCUT2D eigenvalue weighted by atomic mass is 32.1. The smallest absolute Gasteiger partial charge is 0.225 e. The third-order valence-corrected chi connectivity index (χ3v) is 3.04. The van der Waals surface area contributed by atoms with Crippen LogP contribution >= 0.6 is 11.3 Å². The van der Waals surface area contributed by atoms with Gasteiger partial charge >= 0.3 is 0 Å². The quantitative estimate of drug-likeness (QED) is 0.721. The number of thiophene rings is 1. The molecular weight excluding hydrogens is 236 g/mol. The van der Waals surface area contributed by atoms with Crippen LogP contribution in [0.3, 0.4) is 0 Å². The number of hydrogen-bond donors (Lipinski definition) is 2. The molecule has 17 heavy (non-hydrogen) atoms. The molecule has 0 aliphatic rings. The van der Waals surface area contributed by atoms with E-state index in [1.165, 1.54) is 0 Å². The number of carbonyl (C=O) groups is 2. The first-order chi connectivity index (χ1) is 8.22. The number of hydrogen-bond acceptors (Lipinski definition) is 3. The van der Waals surface area contributed by atoms with E-state index in [0.717, 1.165) is 11.3 Å². The molecule has 0 atom stereocenters. The lowest BCUT2D eigenvalue weighted by Gasteiger charge is -2.06. The topological polar surface area (TPSA) is 58.2 Å². The Morgan fingerprint density at radius 1 is 1.24 bits per heavy atom. The SMILES string of the molecule is CCCC(=O)NCCNC(=O)Cc1cccs1. The van der Waals surface area contributed by atoms with Crippen LogP contribution in [0.15, 0.2) is 17.5 Å². The largest absolute Gasteiger partial charge is 0.354 e. The highest BCUT2D eigenvalue weighted by molar-refractivity contribution is 7.10. The van der Waals surface area contributed by atoms with Crippen LogP contribution in [0.25, 0.3) is 0 Å². The van der Waals surface area contributed by atoms with Gasteiger partial charge in [0.15, 0.2) is 0 Å². The van der Waals surface area contributed by atoms with E-state index in [9.17, 15) is 9.59 Å². The fourth-order valence-electron chi connectivity index (χ4n) is 1.35. The molecular formula is C12H18N2O2S. The van der Waals surface area contributed by atoms with E-state index in [1.807, 2.05) is 24.4 Å². The standard InChI is InChI=1S/C12H18N2O2S/c1-2-4-11(15)13-6-7-14-12(16)9-10-5-3-8-17-10/h3,5,8H,2,4,6-7,9H2,1H3,(H,13,15)(H,14,16). The zero-order valence-electron chi connectivity index (χ0n) is 9.99. The molecule has 0 saturated carbocycles. The molecule has 1 aromatic rings. The first-order valence-electron chi connectivity index (χ1n) is 5.78. The Morgan fingerprint density at radius 3 is 2.53 bits per heavy atom. The van der Waals surface area contributed by atoms with Crippen molar-refractivity contribution < 1.29 is 9.59 Å². The lowest BCUT2D eigenvalue weighted by Crippen LogP contribution is -2.35. The molecule has 94 valence electrons. The second-order valence-electron chi connectivity index (χ2n) is 3.71. The summed E-state index contributed by atoms with van der Waals surface area (Å²) in [6, 6.07) is 3.87. The van der Waals surface area contributed by atoms with E-state index >= 15 is 0 Å². The average Bonchev–Trinajstić information content (AvgIpc) is 2.77. The molecule has 0 aliphatic heterocycles. The summed E-state index contributed by atoms with van der Waals surface area (Å²) in [6.45, 7) is 2.94. The molecule has 0 saturated heterocycles. The lowest BCUT2D eigenvalue weighted by molar-refractivity contribution is -0.122. The average molecular weight is 254 g/mol. The van der Waals surface area contributed by atoms with Crippen LogP contribution in [-0.2, 0) is 16.0 Å². The minimum Gasteiger partial charge on any atom is -0.354 e. The van der Waals surface area contributed by atoms with Gasteiger partial charge in [-0.15, -0.1) is 11.3 Å². The van der Waals surface area contributed by atoms with Gasteiger partial charge in [0.25, 0.3) is 0 Å². The molecule has 1 aromatic heterocycles. The number of carbonyl (C=O) groups excluding carboxylic acids is 2. The molecule has 0 aromatic carbocycles. The Bertz CT molecular complexity index is 349. The number of nitrogens with one attached hydrogen (secondary N) is 2. The minimum atomic E-state index is -0.00260. The maximum absolute atomic E-state index is 11.5. The zero-order valence-corrected chi connectivity index (χ0v) is 10.8. The summed E-state index contributed by atoms with van der Waals surface area (Å²) in [7, 11) is 0. The van der Waals surface area contributed by atoms with Gasteiger partial charge in [0.1, 0.15) is 0 Å². The number of amides is 2. The Kier molecular flexibility index (Phi) is 6.32. The van der Waals surface area contributed by atoms with Crippen molar-refractivity contribution in [3.8, 4) is 0 Å². The Morgan fingerprint density at radius 2 is 1.94 bits per heavy atom. The fourth-order valence-corrected chi connectivity index (χ4v) is 2.06. The van der Waals surface area contributed by atoms with Gasteiger partial charge in [-0.25, -0.2) is 0 Å². The summed E-state index contributed by atoms with van der Waals surface area (Å²) >= 11 is 1.57. The Hall–Kier alpha value is -1.36. The van der Waals surface area contributed by atoms with Gasteiger partial charge in [0.2, 0.25) is 11.8 Å². The molecule has 0 unspecified atom stereocenters. The molecule has 0 bridgehead atoms. The van der Waals surface area contributed by atoms with Crippen molar-refractivity contribution in [2.75, 3.05) is 13.1 Å². The maximum atomic E-state index is 11.5. The van der Waals surface area contributed by atoms with Crippen molar-refractivity contribution >= 4 is 23.2 Å². The van der Waals surface area contributed by atoms with E-state index in [0.29, 0.717) is 25.9 Å². The molecule has 1 rings (SSSR count).